The number of fused-ring (bicyclic) bond motifs is 1. The van der Waals surface area contributed by atoms with Gasteiger partial charge in [-0.25, -0.2) is 3.97 Å². The summed E-state index contributed by atoms with van der Waals surface area (Å²) >= 11 is 6.88. The van der Waals surface area contributed by atoms with Crippen molar-refractivity contribution in [3.05, 3.63) is 58.6 Å². The molecule has 6 nitrogen and oxygen atoms in total. The topological polar surface area (TPSA) is 88.4 Å². The summed E-state index contributed by atoms with van der Waals surface area (Å²) < 4.78 is 27.7. The van der Waals surface area contributed by atoms with Crippen molar-refractivity contribution in [3.8, 4) is 0 Å². The van der Waals surface area contributed by atoms with Crippen LogP contribution in [0.5, 0.6) is 0 Å². The molecule has 1 amide bonds. The maximum absolute atomic E-state index is 13.0. The third-order valence-corrected chi connectivity index (χ3v) is 7.19. The second-order valence-electron chi connectivity index (χ2n) is 5.66. The number of nitrogens with zero attached hydrogens (tertiary/aromatic N) is 1. The van der Waals surface area contributed by atoms with Crippen molar-refractivity contribution in [1.82, 2.24) is 9.29 Å². The van der Waals surface area contributed by atoms with E-state index in [0.717, 1.165) is 11.3 Å². The number of aromatic nitrogens is 1. The second-order valence-corrected chi connectivity index (χ2v) is 9.42. The number of amides is 1. The largest absolute Gasteiger partial charge is 0.396 e. The Bertz CT molecular complexity index is 1100. The number of carbonyl (C=O) groups is 1. The standard InChI is InChI=1S/C18H17ClN2O4S2/c19-16-7-9-18(26-16)27(24,25)21-12-13(14-4-1-2-5-15(14)21)6-8-17(23)20-10-3-11-22/h1-2,4-9,12,22H,3,10-11H2,(H,20,23)/b8-6+. The van der Waals surface area contributed by atoms with Crippen LogP contribution >= 0.6 is 22.9 Å². The van der Waals surface area contributed by atoms with Crippen LogP contribution in [0.4, 0.5) is 0 Å². The number of benzene rings is 1. The van der Waals surface area contributed by atoms with Crippen LogP contribution in [0, 0.1) is 0 Å². The number of nitrogens with one attached hydrogen (secondary N) is 1. The van der Waals surface area contributed by atoms with E-state index >= 15 is 0 Å². The van der Waals surface area contributed by atoms with Crippen molar-refractivity contribution in [3.63, 3.8) is 0 Å². The summed E-state index contributed by atoms with van der Waals surface area (Å²) in [5, 5.41) is 12.1. The Morgan fingerprint density at radius 1 is 1.26 bits per heavy atom. The van der Waals surface area contributed by atoms with E-state index in [-0.39, 0.29) is 16.7 Å². The molecule has 0 saturated heterocycles. The quantitative estimate of drug-likeness (QED) is 0.450. The molecule has 2 aromatic heterocycles. The van der Waals surface area contributed by atoms with E-state index in [9.17, 15) is 13.2 Å². The summed E-state index contributed by atoms with van der Waals surface area (Å²) in [7, 11) is -3.79. The minimum absolute atomic E-state index is 0.00206. The molecule has 27 heavy (non-hydrogen) atoms. The van der Waals surface area contributed by atoms with Crippen LogP contribution < -0.4 is 5.32 Å². The van der Waals surface area contributed by atoms with E-state index in [4.69, 9.17) is 16.7 Å². The molecule has 0 aliphatic rings. The summed E-state index contributed by atoms with van der Waals surface area (Å²) in [5.41, 5.74) is 1.12. The molecule has 0 spiro atoms. The van der Waals surface area contributed by atoms with Gasteiger partial charge in [0.2, 0.25) is 5.91 Å². The van der Waals surface area contributed by atoms with Crippen molar-refractivity contribution in [1.29, 1.82) is 0 Å². The summed E-state index contributed by atoms with van der Waals surface area (Å²) in [4.78, 5) is 11.8. The van der Waals surface area contributed by atoms with Crippen molar-refractivity contribution in [2.75, 3.05) is 13.2 Å². The van der Waals surface area contributed by atoms with Crippen molar-refractivity contribution < 1.29 is 18.3 Å². The first-order valence-corrected chi connectivity index (χ1v) is 10.7. The van der Waals surface area contributed by atoms with Crippen molar-refractivity contribution in [2.24, 2.45) is 0 Å². The maximum atomic E-state index is 13.0. The lowest BCUT2D eigenvalue weighted by molar-refractivity contribution is -0.116. The van der Waals surface area contributed by atoms with E-state index in [2.05, 4.69) is 5.32 Å². The lowest BCUT2D eigenvalue weighted by Gasteiger charge is -2.04. The van der Waals surface area contributed by atoms with E-state index in [1.165, 1.54) is 22.3 Å². The van der Waals surface area contributed by atoms with E-state index in [1.54, 1.807) is 36.4 Å². The zero-order valence-corrected chi connectivity index (χ0v) is 16.5. The predicted molar refractivity (Wildman–Crippen MR) is 108 cm³/mol. The summed E-state index contributed by atoms with van der Waals surface area (Å²) in [6, 6.07) is 10.1. The summed E-state index contributed by atoms with van der Waals surface area (Å²) in [5.74, 6) is -0.312. The first kappa shape index (κ1) is 19.6. The van der Waals surface area contributed by atoms with Gasteiger partial charge in [-0.05, 0) is 30.7 Å². The second kappa shape index (κ2) is 8.26. The molecule has 0 unspecified atom stereocenters. The number of hydrogen-bond acceptors (Lipinski definition) is 5. The maximum Gasteiger partial charge on any atom is 0.277 e. The van der Waals surface area contributed by atoms with Crippen LogP contribution in [0.2, 0.25) is 4.34 Å². The van der Waals surface area contributed by atoms with Crippen molar-refractivity contribution in [2.45, 2.75) is 10.6 Å². The monoisotopic (exact) mass is 424 g/mol. The molecular weight excluding hydrogens is 408 g/mol. The summed E-state index contributed by atoms with van der Waals surface area (Å²) in [6.07, 6.45) is 4.88. The molecule has 0 aliphatic heterocycles. The Morgan fingerprint density at radius 3 is 2.74 bits per heavy atom. The molecule has 0 radical (unpaired) electrons. The smallest absolute Gasteiger partial charge is 0.277 e. The third kappa shape index (κ3) is 4.24. The van der Waals surface area contributed by atoms with Gasteiger partial charge < -0.3 is 10.4 Å². The number of aliphatic hydroxyl groups excluding tert-OH is 1. The molecule has 0 atom stereocenters. The highest BCUT2D eigenvalue weighted by atomic mass is 35.5. The fourth-order valence-corrected chi connectivity index (χ4v) is 5.51. The Balaban J connectivity index is 1.98. The molecular formula is C18H17ClN2O4S2. The molecule has 0 aliphatic carbocycles. The van der Waals surface area contributed by atoms with Gasteiger partial charge in [0.15, 0.2) is 0 Å². The van der Waals surface area contributed by atoms with Gasteiger partial charge >= 0.3 is 0 Å². The zero-order valence-electron chi connectivity index (χ0n) is 14.1. The molecule has 2 heterocycles. The first-order valence-electron chi connectivity index (χ1n) is 8.11. The minimum atomic E-state index is -3.79. The molecule has 9 heteroatoms. The SMILES string of the molecule is O=C(/C=C/c1cn(S(=O)(=O)c2ccc(Cl)s2)c2ccccc12)NCCCO. The van der Waals surface area contributed by atoms with Crippen molar-refractivity contribution >= 4 is 55.8 Å². The highest BCUT2D eigenvalue weighted by molar-refractivity contribution is 7.92. The highest BCUT2D eigenvalue weighted by Gasteiger charge is 2.22. The molecule has 142 valence electrons. The van der Waals surface area contributed by atoms with Gasteiger partial charge in [0.05, 0.1) is 9.85 Å². The predicted octanol–water partition coefficient (Wildman–Crippen LogP) is 3.11. The third-order valence-electron chi connectivity index (χ3n) is 3.82. The number of thiophene rings is 1. The van der Waals surface area contributed by atoms with Crippen LogP contribution in [0.1, 0.15) is 12.0 Å². The Hall–Kier alpha value is -2.13. The highest BCUT2D eigenvalue weighted by Crippen LogP contribution is 2.31. The van der Waals surface area contributed by atoms with Gasteiger partial charge in [-0.2, -0.15) is 8.42 Å². The molecule has 3 aromatic rings. The van der Waals surface area contributed by atoms with Gasteiger partial charge in [-0.15, -0.1) is 11.3 Å². The lowest BCUT2D eigenvalue weighted by Crippen LogP contribution is -2.22. The minimum Gasteiger partial charge on any atom is -0.396 e. The number of aliphatic hydroxyl groups is 1. The van der Waals surface area contributed by atoms with Gasteiger partial charge in [0, 0.05) is 36.4 Å². The van der Waals surface area contributed by atoms with E-state index < -0.39 is 10.0 Å². The van der Waals surface area contributed by atoms with Gasteiger partial charge in [-0.1, -0.05) is 29.8 Å². The molecule has 2 N–H and O–H groups in total. The lowest BCUT2D eigenvalue weighted by atomic mass is 10.1. The molecule has 0 bridgehead atoms. The number of para-hydroxylation sites is 1. The number of rotatable bonds is 7. The van der Waals surface area contributed by atoms with Crippen LogP contribution in [0.25, 0.3) is 17.0 Å². The molecule has 1 aromatic carbocycles. The average molecular weight is 425 g/mol. The zero-order chi connectivity index (χ0) is 19.4. The Morgan fingerprint density at radius 2 is 2.04 bits per heavy atom. The van der Waals surface area contributed by atoms with Crippen LogP contribution in [-0.4, -0.2) is 36.6 Å². The first-order chi connectivity index (χ1) is 12.9. The Labute approximate surface area is 165 Å². The van der Waals surface area contributed by atoms with Gasteiger partial charge in [0.25, 0.3) is 10.0 Å². The Kier molecular flexibility index (Phi) is 6.01. The summed E-state index contributed by atoms with van der Waals surface area (Å²) in [6.45, 7) is 0.372. The van der Waals surface area contributed by atoms with Crippen LogP contribution in [0.3, 0.4) is 0 Å². The number of hydrogen-bond donors (Lipinski definition) is 2. The van der Waals surface area contributed by atoms with E-state index in [1.807, 2.05) is 0 Å². The molecule has 0 fully saturated rings. The number of halogens is 1. The van der Waals surface area contributed by atoms with E-state index in [0.29, 0.717) is 33.8 Å². The molecule has 3 rings (SSSR count). The number of carbonyl (C=O) groups excluding carboxylic acids is 1. The average Bonchev–Trinajstić information content (AvgIpc) is 3.25. The molecule has 0 saturated carbocycles. The van der Waals surface area contributed by atoms with Gasteiger partial charge in [-0.3, -0.25) is 4.79 Å². The fraction of sp³-hybridized carbons (Fsp3) is 0.167. The fourth-order valence-electron chi connectivity index (χ4n) is 2.56. The van der Waals surface area contributed by atoms with Gasteiger partial charge in [0.1, 0.15) is 4.21 Å². The van der Waals surface area contributed by atoms with Crippen LogP contribution in [-0.2, 0) is 14.8 Å². The van der Waals surface area contributed by atoms with Crippen LogP contribution in [0.15, 0.2) is 52.9 Å². The normalized spacial score (nSPS) is 12.1.